The number of anilines is 1. The van der Waals surface area contributed by atoms with Crippen LogP contribution in [0.25, 0.3) is 11.1 Å². The molecule has 202 valence electrons. The normalized spacial score (nSPS) is 12.5. The van der Waals surface area contributed by atoms with E-state index in [1.165, 1.54) is 0 Å². The molecule has 1 unspecified atom stereocenters. The molecule has 4 N–H and O–H groups in total. The van der Waals surface area contributed by atoms with Crippen molar-refractivity contribution in [2.45, 2.75) is 24.9 Å². The van der Waals surface area contributed by atoms with Crippen molar-refractivity contribution in [2.24, 2.45) is 0 Å². The van der Waals surface area contributed by atoms with Crippen LogP contribution in [0.2, 0.25) is 0 Å². The van der Waals surface area contributed by atoms with E-state index in [0.29, 0.717) is 12.1 Å². The molecular weight excluding hydrogens is 506 g/mol. The lowest BCUT2D eigenvalue weighted by atomic mass is 9.98. The Hall–Kier alpha value is -5.11. The maximum atomic E-state index is 13.2. The van der Waals surface area contributed by atoms with E-state index in [9.17, 15) is 14.4 Å². The first-order valence-electron chi connectivity index (χ1n) is 13.0. The minimum Gasteiger partial charge on any atom is -0.465 e. The molecule has 8 nitrogen and oxygen atoms in total. The number of benzene rings is 4. The summed E-state index contributed by atoms with van der Waals surface area (Å²) in [6, 6.07) is 31.5. The molecule has 0 spiro atoms. The van der Waals surface area contributed by atoms with Crippen LogP contribution in [0.15, 0.2) is 103 Å². The van der Waals surface area contributed by atoms with Crippen molar-refractivity contribution in [3.8, 4) is 11.1 Å². The second-order valence-corrected chi connectivity index (χ2v) is 9.56. The molecule has 1 aliphatic carbocycles. The number of fused-ring (bicyclic) bond motifs is 3. The number of carbonyl (C=O) groups is 3. The standard InChI is InChI=1S/C32H29N3O5/c36-30(33-19-22-14-16-23(17-15-22)34-31(37)38)29(18-21-8-2-1-3-9-21)35-32(39)40-20-28-26-12-6-4-10-24(26)25-11-5-7-13-27(25)28/h1-17,28-29,34H,18-20H2,(H,33,36)(H,35,39)(H,37,38). The summed E-state index contributed by atoms with van der Waals surface area (Å²) in [6.45, 7) is 0.361. The number of carboxylic acid groups (broad SMARTS) is 1. The van der Waals surface area contributed by atoms with Crippen molar-refractivity contribution in [3.05, 3.63) is 125 Å². The predicted molar refractivity (Wildman–Crippen MR) is 152 cm³/mol. The van der Waals surface area contributed by atoms with Gasteiger partial charge in [0.2, 0.25) is 5.91 Å². The summed E-state index contributed by atoms with van der Waals surface area (Å²) in [4.78, 5) is 36.9. The molecule has 0 saturated heterocycles. The van der Waals surface area contributed by atoms with Gasteiger partial charge in [0.25, 0.3) is 0 Å². The maximum absolute atomic E-state index is 13.2. The zero-order valence-electron chi connectivity index (χ0n) is 21.7. The lowest BCUT2D eigenvalue weighted by molar-refractivity contribution is -0.123. The number of carbonyl (C=O) groups excluding carboxylic acids is 2. The van der Waals surface area contributed by atoms with Crippen molar-refractivity contribution < 1.29 is 24.2 Å². The topological polar surface area (TPSA) is 117 Å². The van der Waals surface area contributed by atoms with E-state index in [4.69, 9.17) is 9.84 Å². The molecule has 5 rings (SSSR count). The first kappa shape index (κ1) is 26.5. The van der Waals surface area contributed by atoms with Gasteiger partial charge in [-0.1, -0.05) is 91.0 Å². The smallest absolute Gasteiger partial charge is 0.409 e. The predicted octanol–water partition coefficient (Wildman–Crippen LogP) is 5.54. The quantitative estimate of drug-likeness (QED) is 0.224. The summed E-state index contributed by atoms with van der Waals surface area (Å²) >= 11 is 0. The van der Waals surface area contributed by atoms with Crippen LogP contribution < -0.4 is 16.0 Å². The minimum absolute atomic E-state index is 0.0851. The highest BCUT2D eigenvalue weighted by atomic mass is 16.5. The molecular formula is C32H29N3O5. The van der Waals surface area contributed by atoms with Gasteiger partial charge in [-0.25, -0.2) is 9.59 Å². The zero-order chi connectivity index (χ0) is 27.9. The fourth-order valence-electron chi connectivity index (χ4n) is 4.98. The summed E-state index contributed by atoms with van der Waals surface area (Å²) in [7, 11) is 0. The van der Waals surface area contributed by atoms with E-state index in [0.717, 1.165) is 33.4 Å². The maximum Gasteiger partial charge on any atom is 0.409 e. The summed E-state index contributed by atoms with van der Waals surface area (Å²) < 4.78 is 5.68. The van der Waals surface area contributed by atoms with Crippen molar-refractivity contribution in [2.75, 3.05) is 11.9 Å². The van der Waals surface area contributed by atoms with Gasteiger partial charge in [-0.05, 0) is 45.5 Å². The van der Waals surface area contributed by atoms with Crippen LogP contribution in [-0.4, -0.2) is 35.8 Å². The number of nitrogens with one attached hydrogen (secondary N) is 3. The highest BCUT2D eigenvalue weighted by Crippen LogP contribution is 2.44. The minimum atomic E-state index is -1.15. The Labute approximate surface area is 232 Å². The molecule has 0 aromatic heterocycles. The molecule has 1 atom stereocenters. The molecule has 4 aromatic rings. The highest BCUT2D eigenvalue weighted by Gasteiger charge is 2.30. The van der Waals surface area contributed by atoms with E-state index in [1.807, 2.05) is 54.6 Å². The van der Waals surface area contributed by atoms with Gasteiger partial charge in [0.05, 0.1) is 0 Å². The molecule has 0 saturated carbocycles. The van der Waals surface area contributed by atoms with Crippen molar-refractivity contribution in [1.82, 2.24) is 10.6 Å². The molecule has 4 aromatic carbocycles. The number of hydrogen-bond acceptors (Lipinski definition) is 4. The molecule has 40 heavy (non-hydrogen) atoms. The van der Waals surface area contributed by atoms with E-state index < -0.39 is 18.2 Å². The van der Waals surface area contributed by atoms with Gasteiger partial charge in [0.1, 0.15) is 12.6 Å². The second-order valence-electron chi connectivity index (χ2n) is 9.56. The first-order valence-corrected chi connectivity index (χ1v) is 13.0. The number of hydrogen-bond donors (Lipinski definition) is 4. The van der Waals surface area contributed by atoms with Gasteiger partial charge < -0.3 is 20.5 Å². The fraction of sp³-hybridized carbons (Fsp3) is 0.156. The van der Waals surface area contributed by atoms with Crippen molar-refractivity contribution >= 4 is 23.8 Å². The zero-order valence-corrected chi connectivity index (χ0v) is 21.7. The number of rotatable bonds is 9. The Bertz CT molecular complexity index is 1460. The van der Waals surface area contributed by atoms with E-state index >= 15 is 0 Å². The lowest BCUT2D eigenvalue weighted by Gasteiger charge is -2.20. The third-order valence-corrected chi connectivity index (χ3v) is 6.91. The lowest BCUT2D eigenvalue weighted by Crippen LogP contribution is -2.48. The van der Waals surface area contributed by atoms with E-state index in [1.54, 1.807) is 24.3 Å². The third-order valence-electron chi connectivity index (χ3n) is 6.91. The molecule has 0 bridgehead atoms. The third kappa shape index (κ3) is 6.30. The van der Waals surface area contributed by atoms with Crippen LogP contribution in [0.4, 0.5) is 15.3 Å². The van der Waals surface area contributed by atoms with Gasteiger partial charge in [-0.3, -0.25) is 10.1 Å². The Morgan fingerprint density at radius 1 is 0.750 bits per heavy atom. The van der Waals surface area contributed by atoms with E-state index in [-0.39, 0.29) is 25.0 Å². The molecule has 0 heterocycles. The van der Waals surface area contributed by atoms with E-state index in [2.05, 4.69) is 40.2 Å². The Morgan fingerprint density at radius 3 is 1.98 bits per heavy atom. The Morgan fingerprint density at radius 2 is 1.35 bits per heavy atom. The molecule has 3 amide bonds. The van der Waals surface area contributed by atoms with Crippen molar-refractivity contribution in [3.63, 3.8) is 0 Å². The van der Waals surface area contributed by atoms with Crippen LogP contribution in [0.1, 0.15) is 28.2 Å². The summed E-state index contributed by atoms with van der Waals surface area (Å²) in [5, 5.41) is 16.7. The molecule has 8 heteroatoms. The van der Waals surface area contributed by atoms with Crippen molar-refractivity contribution in [1.29, 1.82) is 0 Å². The van der Waals surface area contributed by atoms with Crippen LogP contribution in [0, 0.1) is 0 Å². The molecule has 0 radical (unpaired) electrons. The SMILES string of the molecule is O=C(O)Nc1ccc(CNC(=O)C(Cc2ccccc2)NC(=O)OCC2c3ccccc3-c3ccccc32)cc1. The number of ether oxygens (including phenoxy) is 1. The van der Waals surface area contributed by atoms with Gasteiger partial charge >= 0.3 is 12.2 Å². The van der Waals surface area contributed by atoms with Crippen LogP contribution in [0.3, 0.4) is 0 Å². The second kappa shape index (κ2) is 12.2. The van der Waals surface area contributed by atoms with Gasteiger partial charge in [0, 0.05) is 24.6 Å². The average molecular weight is 536 g/mol. The number of alkyl carbamates (subject to hydrolysis) is 1. The summed E-state index contributed by atoms with van der Waals surface area (Å²) in [5.74, 6) is -0.441. The van der Waals surface area contributed by atoms with Crippen LogP contribution in [-0.2, 0) is 22.5 Å². The fourth-order valence-corrected chi connectivity index (χ4v) is 4.98. The molecule has 0 aliphatic heterocycles. The Balaban J connectivity index is 1.23. The summed E-state index contributed by atoms with van der Waals surface area (Å²) in [6.07, 6.45) is -1.52. The largest absolute Gasteiger partial charge is 0.465 e. The van der Waals surface area contributed by atoms with Crippen LogP contribution in [0.5, 0.6) is 0 Å². The summed E-state index contributed by atoms with van der Waals surface area (Å²) in [5.41, 5.74) is 6.61. The Kier molecular flexibility index (Phi) is 8.06. The monoisotopic (exact) mass is 535 g/mol. The van der Waals surface area contributed by atoms with Gasteiger partial charge in [-0.2, -0.15) is 0 Å². The highest BCUT2D eigenvalue weighted by molar-refractivity contribution is 5.86. The van der Waals surface area contributed by atoms with Crippen LogP contribution >= 0.6 is 0 Å². The number of amides is 3. The van der Waals surface area contributed by atoms with Gasteiger partial charge in [-0.15, -0.1) is 0 Å². The molecule has 0 fully saturated rings. The molecule has 1 aliphatic rings. The first-order chi connectivity index (χ1) is 19.5. The average Bonchev–Trinajstić information content (AvgIpc) is 3.29. The van der Waals surface area contributed by atoms with Gasteiger partial charge in [0.15, 0.2) is 0 Å².